The molecule has 0 spiro atoms. The highest BCUT2D eigenvalue weighted by molar-refractivity contribution is 6.00. The van der Waals surface area contributed by atoms with Crippen molar-refractivity contribution < 1.29 is 4.74 Å². The van der Waals surface area contributed by atoms with E-state index >= 15 is 0 Å². The van der Waals surface area contributed by atoms with E-state index in [0.717, 1.165) is 58.8 Å². The van der Waals surface area contributed by atoms with Crippen LogP contribution in [0.3, 0.4) is 0 Å². The minimum Gasteiger partial charge on any atom is -0.457 e. The molecule has 188 valence electrons. The number of hydrogen-bond donors (Lipinski definition) is 1. The standard InChI is InChI=1S/C30H32N6O/c1-35-18-17-23(34-35)12-7-21-8-13-24(14-9-21)36-19-27(28-29(31)32-20-33-30(28)36)22-10-15-26(16-11-22)37-25-5-3-2-4-6-25/h2-6,10-11,15-21,24H,7-9,12-14H2,1H3,(H2,31,32,33). The quantitative estimate of drug-likeness (QED) is 0.278. The van der Waals surface area contributed by atoms with Crippen LogP contribution in [0.2, 0.25) is 0 Å². The van der Waals surface area contributed by atoms with Crippen LogP contribution in [0.25, 0.3) is 22.2 Å². The maximum Gasteiger partial charge on any atom is 0.146 e. The van der Waals surface area contributed by atoms with Crippen LogP contribution in [0.5, 0.6) is 11.5 Å². The molecule has 1 aliphatic carbocycles. The molecular weight excluding hydrogens is 460 g/mol. The van der Waals surface area contributed by atoms with Crippen LogP contribution in [0, 0.1) is 5.92 Å². The van der Waals surface area contributed by atoms with Crippen LogP contribution in [-0.2, 0) is 13.5 Å². The zero-order valence-electron chi connectivity index (χ0n) is 21.1. The summed E-state index contributed by atoms with van der Waals surface area (Å²) in [5.41, 5.74) is 10.6. The molecule has 1 saturated carbocycles. The first-order valence-electron chi connectivity index (χ1n) is 13.1. The Morgan fingerprint density at radius 3 is 2.41 bits per heavy atom. The first-order valence-corrected chi connectivity index (χ1v) is 13.1. The maximum atomic E-state index is 6.39. The van der Waals surface area contributed by atoms with E-state index in [0.29, 0.717) is 11.9 Å². The summed E-state index contributed by atoms with van der Waals surface area (Å²) < 4.78 is 10.2. The third-order valence-electron chi connectivity index (χ3n) is 7.57. The van der Waals surface area contributed by atoms with Gasteiger partial charge in [-0.3, -0.25) is 4.68 Å². The SMILES string of the molecule is Cn1ccc(CCC2CCC(n3cc(-c4ccc(Oc5ccccc5)cc4)c4c(N)ncnc43)CC2)n1. The third-order valence-corrected chi connectivity index (χ3v) is 7.57. The Labute approximate surface area is 216 Å². The number of fused-ring (bicyclic) bond motifs is 1. The van der Waals surface area contributed by atoms with Gasteiger partial charge < -0.3 is 15.0 Å². The highest BCUT2D eigenvalue weighted by atomic mass is 16.5. The summed E-state index contributed by atoms with van der Waals surface area (Å²) in [5.74, 6) is 2.89. The maximum absolute atomic E-state index is 6.39. The van der Waals surface area contributed by atoms with E-state index in [2.05, 4.69) is 44.0 Å². The normalized spacial score (nSPS) is 17.8. The summed E-state index contributed by atoms with van der Waals surface area (Å²) in [4.78, 5) is 8.98. The fourth-order valence-corrected chi connectivity index (χ4v) is 5.59. The Kier molecular flexibility index (Phi) is 6.35. The van der Waals surface area contributed by atoms with Crippen molar-refractivity contribution in [3.63, 3.8) is 0 Å². The van der Waals surface area contributed by atoms with Gasteiger partial charge in [0.05, 0.1) is 11.1 Å². The molecule has 0 amide bonds. The van der Waals surface area contributed by atoms with Gasteiger partial charge in [-0.1, -0.05) is 30.3 Å². The van der Waals surface area contributed by atoms with Gasteiger partial charge in [-0.15, -0.1) is 0 Å². The van der Waals surface area contributed by atoms with Crippen LogP contribution < -0.4 is 10.5 Å². The molecule has 1 fully saturated rings. The molecule has 7 nitrogen and oxygen atoms in total. The van der Waals surface area contributed by atoms with Crippen molar-refractivity contribution >= 4 is 16.9 Å². The summed E-state index contributed by atoms with van der Waals surface area (Å²) in [7, 11) is 1.98. The van der Waals surface area contributed by atoms with E-state index < -0.39 is 0 Å². The Bertz CT molecular complexity index is 1480. The molecule has 5 aromatic rings. The number of hydrogen-bond acceptors (Lipinski definition) is 5. The van der Waals surface area contributed by atoms with Crippen molar-refractivity contribution in [1.29, 1.82) is 0 Å². The van der Waals surface area contributed by atoms with Crippen molar-refractivity contribution in [3.05, 3.63) is 85.1 Å². The molecule has 1 aliphatic rings. The average Bonchev–Trinajstić information content (AvgIpc) is 3.53. The number of anilines is 1. The summed E-state index contributed by atoms with van der Waals surface area (Å²) in [6.45, 7) is 0. The molecule has 2 N–H and O–H groups in total. The molecule has 0 radical (unpaired) electrons. The van der Waals surface area contributed by atoms with Crippen molar-refractivity contribution in [2.45, 2.75) is 44.6 Å². The zero-order valence-corrected chi connectivity index (χ0v) is 21.1. The average molecular weight is 493 g/mol. The topological polar surface area (TPSA) is 83.8 Å². The highest BCUT2D eigenvalue weighted by Gasteiger charge is 2.26. The van der Waals surface area contributed by atoms with Gasteiger partial charge in [0.15, 0.2) is 0 Å². The Balaban J connectivity index is 1.20. The molecule has 2 aromatic carbocycles. The zero-order chi connectivity index (χ0) is 25.2. The van der Waals surface area contributed by atoms with E-state index in [1.165, 1.54) is 25.0 Å². The van der Waals surface area contributed by atoms with Gasteiger partial charge in [-0.05, 0) is 80.3 Å². The van der Waals surface area contributed by atoms with Crippen LogP contribution in [0.4, 0.5) is 5.82 Å². The Hall–Kier alpha value is -4.13. The van der Waals surface area contributed by atoms with Gasteiger partial charge in [-0.25, -0.2) is 9.97 Å². The molecule has 0 aliphatic heterocycles. The second-order valence-electron chi connectivity index (χ2n) is 10.0. The number of nitrogens with zero attached hydrogens (tertiary/aromatic N) is 5. The molecule has 0 atom stereocenters. The number of ether oxygens (including phenoxy) is 1. The smallest absolute Gasteiger partial charge is 0.146 e. The summed E-state index contributed by atoms with van der Waals surface area (Å²) in [5, 5.41) is 5.46. The number of nitrogen functional groups attached to an aromatic ring is 1. The number of benzene rings is 2. The van der Waals surface area contributed by atoms with Gasteiger partial charge >= 0.3 is 0 Å². The fourth-order valence-electron chi connectivity index (χ4n) is 5.59. The molecule has 0 saturated heterocycles. The Morgan fingerprint density at radius 2 is 1.68 bits per heavy atom. The van der Waals surface area contributed by atoms with E-state index in [4.69, 9.17) is 10.5 Å². The van der Waals surface area contributed by atoms with Crippen molar-refractivity contribution in [2.75, 3.05) is 5.73 Å². The first kappa shape index (κ1) is 23.3. The number of aryl methyl sites for hydroxylation is 2. The number of aromatic nitrogens is 5. The van der Waals surface area contributed by atoms with E-state index in [9.17, 15) is 0 Å². The van der Waals surface area contributed by atoms with E-state index in [1.807, 2.05) is 60.4 Å². The van der Waals surface area contributed by atoms with E-state index in [1.54, 1.807) is 6.33 Å². The number of nitrogens with two attached hydrogens (primary N) is 1. The highest BCUT2D eigenvalue weighted by Crippen LogP contribution is 2.40. The number of para-hydroxylation sites is 1. The second kappa shape index (κ2) is 10.1. The molecule has 0 bridgehead atoms. The lowest BCUT2D eigenvalue weighted by Crippen LogP contribution is -2.18. The van der Waals surface area contributed by atoms with Gasteiger partial charge in [0, 0.05) is 31.0 Å². The summed E-state index contributed by atoms with van der Waals surface area (Å²) in [6, 6.07) is 20.5. The van der Waals surface area contributed by atoms with Crippen molar-refractivity contribution in [1.82, 2.24) is 24.3 Å². The lowest BCUT2D eigenvalue weighted by atomic mass is 9.83. The van der Waals surface area contributed by atoms with Crippen LogP contribution in [0.1, 0.15) is 43.8 Å². The minimum atomic E-state index is 0.414. The molecule has 3 aromatic heterocycles. The van der Waals surface area contributed by atoms with Gasteiger partial charge in [0.25, 0.3) is 0 Å². The second-order valence-corrected chi connectivity index (χ2v) is 10.0. The van der Waals surface area contributed by atoms with Gasteiger partial charge in [0.1, 0.15) is 29.3 Å². The predicted octanol–water partition coefficient (Wildman–Crippen LogP) is 6.57. The molecule has 6 rings (SSSR count). The Morgan fingerprint density at radius 1 is 0.919 bits per heavy atom. The van der Waals surface area contributed by atoms with Crippen molar-refractivity contribution in [3.8, 4) is 22.6 Å². The van der Waals surface area contributed by atoms with Crippen molar-refractivity contribution in [2.24, 2.45) is 13.0 Å². The van der Waals surface area contributed by atoms with Gasteiger partial charge in [0.2, 0.25) is 0 Å². The van der Waals surface area contributed by atoms with Gasteiger partial charge in [-0.2, -0.15) is 5.10 Å². The van der Waals surface area contributed by atoms with Crippen LogP contribution in [-0.4, -0.2) is 24.3 Å². The first-order chi connectivity index (χ1) is 18.1. The minimum absolute atomic E-state index is 0.414. The summed E-state index contributed by atoms with van der Waals surface area (Å²) in [6.07, 6.45) is 12.8. The fraction of sp³-hybridized carbons (Fsp3) is 0.300. The van der Waals surface area contributed by atoms with Crippen LogP contribution in [0.15, 0.2) is 79.4 Å². The molecule has 7 heteroatoms. The lowest BCUT2D eigenvalue weighted by Gasteiger charge is -2.29. The molecule has 37 heavy (non-hydrogen) atoms. The van der Waals surface area contributed by atoms with E-state index in [-0.39, 0.29) is 0 Å². The lowest BCUT2D eigenvalue weighted by molar-refractivity contribution is 0.267. The van der Waals surface area contributed by atoms with Crippen LogP contribution >= 0.6 is 0 Å². The molecule has 3 heterocycles. The predicted molar refractivity (Wildman–Crippen MR) is 146 cm³/mol. The third kappa shape index (κ3) is 4.94. The monoisotopic (exact) mass is 492 g/mol. The molecule has 0 unspecified atom stereocenters. The summed E-state index contributed by atoms with van der Waals surface area (Å²) >= 11 is 0. The number of rotatable bonds is 7. The largest absolute Gasteiger partial charge is 0.457 e. The molecular formula is C30H32N6O.